The van der Waals surface area contributed by atoms with E-state index in [4.69, 9.17) is 10.5 Å². The number of rotatable bonds is 3. The van der Waals surface area contributed by atoms with Gasteiger partial charge < -0.3 is 15.4 Å². The highest BCUT2D eigenvalue weighted by Gasteiger charge is 2.22. The Morgan fingerprint density at radius 1 is 1.36 bits per heavy atom. The summed E-state index contributed by atoms with van der Waals surface area (Å²) in [6.45, 7) is 7.29. The predicted molar refractivity (Wildman–Crippen MR) is 88.6 cm³/mol. The summed E-state index contributed by atoms with van der Waals surface area (Å²) >= 11 is 0. The molecule has 0 aromatic heterocycles. The zero-order chi connectivity index (χ0) is 16.2. The highest BCUT2D eigenvalue weighted by atomic mass is 16.6. The average molecular weight is 306 g/mol. The molecular weight excluding hydrogens is 280 g/mol. The number of carbonyl (C=O) groups excluding carboxylic acids is 1. The van der Waals surface area contributed by atoms with Gasteiger partial charge in [0.15, 0.2) is 0 Å². The van der Waals surface area contributed by atoms with Gasteiger partial charge in [-0.2, -0.15) is 0 Å². The van der Waals surface area contributed by atoms with Crippen LogP contribution in [0.3, 0.4) is 0 Å². The molecule has 0 spiro atoms. The molecule has 0 bridgehead atoms. The number of nitrogens with one attached hydrogen (secondary N) is 2. The fraction of sp³-hybridized carbons (Fsp3) is 0.562. The lowest BCUT2D eigenvalue weighted by Gasteiger charge is -2.35. The topological polar surface area (TPSA) is 79.6 Å². The van der Waals surface area contributed by atoms with E-state index in [1.165, 1.54) is 0 Å². The van der Waals surface area contributed by atoms with E-state index in [0.29, 0.717) is 0 Å². The van der Waals surface area contributed by atoms with Crippen LogP contribution in [-0.4, -0.2) is 30.8 Å². The van der Waals surface area contributed by atoms with Crippen molar-refractivity contribution >= 4 is 17.5 Å². The van der Waals surface area contributed by atoms with Crippen molar-refractivity contribution in [1.29, 1.82) is 0 Å². The Balaban J connectivity index is 1.86. The number of hydrogen-bond donors (Lipinski definition) is 3. The van der Waals surface area contributed by atoms with Gasteiger partial charge >= 0.3 is 6.09 Å². The molecule has 1 aromatic carbocycles. The van der Waals surface area contributed by atoms with Gasteiger partial charge in [-0.1, -0.05) is 12.1 Å². The maximum Gasteiger partial charge on any atom is 0.422 e. The highest BCUT2D eigenvalue weighted by Crippen LogP contribution is 2.25. The van der Waals surface area contributed by atoms with Crippen molar-refractivity contribution in [3.63, 3.8) is 0 Å². The Morgan fingerprint density at radius 3 is 2.77 bits per heavy atom. The Hall–Kier alpha value is -1.95. The quantitative estimate of drug-likeness (QED) is 0.590. The minimum absolute atomic E-state index is 0.167. The van der Waals surface area contributed by atoms with Crippen LogP contribution in [0, 0.1) is 0 Å². The summed E-state index contributed by atoms with van der Waals surface area (Å²) in [5.41, 5.74) is 13.1. The first-order chi connectivity index (χ1) is 10.3. The zero-order valence-corrected chi connectivity index (χ0v) is 13.6. The number of hydrogen-bond acceptors (Lipinski definition) is 5. The number of nitrogens with zero attached hydrogens (tertiary/aromatic N) is 1. The molecule has 0 saturated carbocycles. The second-order valence-electron chi connectivity index (χ2n) is 6.62. The molecule has 2 rings (SSSR count). The number of piperidine rings is 1. The van der Waals surface area contributed by atoms with Crippen LogP contribution in [0.5, 0.6) is 0 Å². The van der Waals surface area contributed by atoms with E-state index in [-0.39, 0.29) is 6.04 Å². The van der Waals surface area contributed by atoms with E-state index in [1.54, 1.807) is 0 Å². The van der Waals surface area contributed by atoms with E-state index in [2.05, 4.69) is 15.8 Å². The van der Waals surface area contributed by atoms with Crippen LogP contribution < -0.4 is 21.5 Å². The van der Waals surface area contributed by atoms with Crippen LogP contribution in [0.1, 0.15) is 33.6 Å². The molecule has 1 unspecified atom stereocenters. The van der Waals surface area contributed by atoms with Gasteiger partial charge in [0.1, 0.15) is 5.60 Å². The largest absolute Gasteiger partial charge is 0.443 e. The molecule has 6 nitrogen and oxygen atoms in total. The third-order valence-corrected chi connectivity index (χ3v) is 3.48. The minimum atomic E-state index is -0.497. The molecule has 1 fully saturated rings. The van der Waals surface area contributed by atoms with Crippen molar-refractivity contribution in [3.8, 4) is 0 Å². The second kappa shape index (κ2) is 6.87. The summed E-state index contributed by atoms with van der Waals surface area (Å²) in [6.07, 6.45) is 1.59. The molecule has 1 amide bonds. The average Bonchev–Trinajstić information content (AvgIpc) is 2.44. The molecule has 22 heavy (non-hydrogen) atoms. The standard InChI is InChI=1S/C16H26N4O2/c1-16(2,3)22-15(21)19-18-12-7-6-10-20(11-12)14-9-5-4-8-13(14)17/h4-5,8-9,12,18H,6-7,10-11,17H2,1-3H3,(H,19,21). The Kier molecular flexibility index (Phi) is 5.13. The van der Waals surface area contributed by atoms with Crippen molar-refractivity contribution in [2.24, 2.45) is 0 Å². The van der Waals surface area contributed by atoms with Crippen LogP contribution in [0.4, 0.5) is 16.2 Å². The number of amides is 1. The first-order valence-corrected chi connectivity index (χ1v) is 7.69. The van der Waals surface area contributed by atoms with Crippen molar-refractivity contribution < 1.29 is 9.53 Å². The molecular formula is C16H26N4O2. The van der Waals surface area contributed by atoms with Gasteiger partial charge in [0.2, 0.25) is 0 Å². The predicted octanol–water partition coefficient (Wildman–Crippen LogP) is 2.27. The second-order valence-corrected chi connectivity index (χ2v) is 6.62. The normalized spacial score (nSPS) is 18.9. The van der Waals surface area contributed by atoms with Gasteiger partial charge in [0, 0.05) is 19.1 Å². The Morgan fingerprint density at radius 2 is 2.09 bits per heavy atom. The zero-order valence-electron chi connectivity index (χ0n) is 13.6. The number of para-hydroxylation sites is 2. The lowest BCUT2D eigenvalue weighted by Crippen LogP contribution is -2.53. The fourth-order valence-corrected chi connectivity index (χ4v) is 2.55. The molecule has 1 aliphatic heterocycles. The van der Waals surface area contributed by atoms with Gasteiger partial charge in [0.05, 0.1) is 11.4 Å². The minimum Gasteiger partial charge on any atom is -0.443 e. The van der Waals surface area contributed by atoms with Crippen LogP contribution in [0.15, 0.2) is 24.3 Å². The highest BCUT2D eigenvalue weighted by molar-refractivity contribution is 5.68. The summed E-state index contributed by atoms with van der Waals surface area (Å²) < 4.78 is 5.21. The third-order valence-electron chi connectivity index (χ3n) is 3.48. The van der Waals surface area contributed by atoms with Gasteiger partial charge in [-0.15, -0.1) is 0 Å². The molecule has 1 heterocycles. The molecule has 1 aliphatic rings. The van der Waals surface area contributed by atoms with Crippen LogP contribution in [0.25, 0.3) is 0 Å². The van der Waals surface area contributed by atoms with Crippen LogP contribution in [0.2, 0.25) is 0 Å². The molecule has 6 heteroatoms. The molecule has 0 radical (unpaired) electrons. The Bertz CT molecular complexity index is 513. The van der Waals surface area contributed by atoms with Gasteiger partial charge in [-0.05, 0) is 45.7 Å². The van der Waals surface area contributed by atoms with Crippen molar-refractivity contribution in [2.75, 3.05) is 23.7 Å². The molecule has 1 atom stereocenters. The van der Waals surface area contributed by atoms with Gasteiger partial charge in [0.25, 0.3) is 0 Å². The first-order valence-electron chi connectivity index (χ1n) is 7.69. The van der Waals surface area contributed by atoms with Crippen molar-refractivity contribution in [2.45, 2.75) is 45.3 Å². The maximum absolute atomic E-state index is 11.7. The summed E-state index contributed by atoms with van der Waals surface area (Å²) in [4.78, 5) is 13.9. The summed E-state index contributed by atoms with van der Waals surface area (Å²) in [5, 5.41) is 0. The first kappa shape index (κ1) is 16.4. The molecule has 122 valence electrons. The van der Waals surface area contributed by atoms with Gasteiger partial charge in [-0.25, -0.2) is 10.2 Å². The van der Waals surface area contributed by atoms with E-state index in [0.717, 1.165) is 37.3 Å². The molecule has 1 saturated heterocycles. The van der Waals surface area contributed by atoms with Gasteiger partial charge in [-0.3, -0.25) is 5.43 Å². The third kappa shape index (κ3) is 4.80. The number of benzene rings is 1. The smallest absolute Gasteiger partial charge is 0.422 e. The van der Waals surface area contributed by atoms with E-state index in [9.17, 15) is 4.79 Å². The molecule has 4 N–H and O–H groups in total. The Labute approximate surface area is 132 Å². The number of nitrogens with two attached hydrogens (primary N) is 1. The maximum atomic E-state index is 11.7. The number of hydrazine groups is 1. The lowest BCUT2D eigenvalue weighted by molar-refractivity contribution is 0.0485. The number of nitrogen functional groups attached to an aromatic ring is 1. The van der Waals surface area contributed by atoms with E-state index in [1.807, 2.05) is 45.0 Å². The number of anilines is 2. The fourth-order valence-electron chi connectivity index (χ4n) is 2.55. The SMILES string of the molecule is CC(C)(C)OC(=O)NNC1CCCN(c2ccccc2N)C1. The van der Waals surface area contributed by atoms with Crippen molar-refractivity contribution in [3.05, 3.63) is 24.3 Å². The summed E-state index contributed by atoms with van der Waals surface area (Å²) in [7, 11) is 0. The van der Waals surface area contributed by atoms with Crippen molar-refractivity contribution in [1.82, 2.24) is 10.9 Å². The summed E-state index contributed by atoms with van der Waals surface area (Å²) in [6, 6.07) is 8.02. The number of ether oxygens (including phenoxy) is 1. The monoisotopic (exact) mass is 306 g/mol. The van der Waals surface area contributed by atoms with Crippen LogP contribution in [-0.2, 0) is 4.74 Å². The van der Waals surface area contributed by atoms with E-state index < -0.39 is 11.7 Å². The lowest BCUT2D eigenvalue weighted by atomic mass is 10.1. The van der Waals surface area contributed by atoms with E-state index >= 15 is 0 Å². The van der Waals surface area contributed by atoms with Crippen LogP contribution >= 0.6 is 0 Å². The summed E-state index contributed by atoms with van der Waals surface area (Å²) in [5.74, 6) is 0. The molecule has 1 aromatic rings. The molecule has 0 aliphatic carbocycles. The number of carbonyl (C=O) groups is 1.